The van der Waals surface area contributed by atoms with Crippen molar-refractivity contribution in [2.75, 3.05) is 6.54 Å². The fourth-order valence-corrected chi connectivity index (χ4v) is 5.53. The van der Waals surface area contributed by atoms with Crippen LogP contribution in [0.4, 0.5) is 0 Å². The van der Waals surface area contributed by atoms with Crippen LogP contribution in [-0.2, 0) is 9.59 Å². The van der Waals surface area contributed by atoms with Crippen LogP contribution in [0.15, 0.2) is 26.8 Å². The van der Waals surface area contributed by atoms with E-state index in [1.54, 1.807) is 13.3 Å². The Morgan fingerprint density at radius 1 is 1.17 bits per heavy atom. The number of allylic oxidation sites excluding steroid dienone is 1. The second-order valence-corrected chi connectivity index (χ2v) is 12.3. The zero-order valence-corrected chi connectivity index (χ0v) is 22.2. The largest absolute Gasteiger partial charge is 0.351 e. The lowest BCUT2D eigenvalue weighted by molar-refractivity contribution is -0.133. The second-order valence-electron chi connectivity index (χ2n) is 12.3. The number of nitrogens with one attached hydrogen (secondary N) is 3. The Bertz CT molecular complexity index is 983. The summed E-state index contributed by atoms with van der Waals surface area (Å²) in [7, 11) is 0. The quantitative estimate of drug-likeness (QED) is 0.569. The molecule has 9 nitrogen and oxygen atoms in total. The fourth-order valence-electron chi connectivity index (χ4n) is 5.53. The second kappa shape index (κ2) is 9.48. The molecule has 0 radical (unpaired) electrons. The van der Waals surface area contributed by atoms with Gasteiger partial charge in [0.15, 0.2) is 5.84 Å². The summed E-state index contributed by atoms with van der Waals surface area (Å²) < 4.78 is 0. The summed E-state index contributed by atoms with van der Waals surface area (Å²) in [6, 6.07) is -0.514. The van der Waals surface area contributed by atoms with Crippen LogP contribution >= 0.6 is 0 Å². The predicted molar refractivity (Wildman–Crippen MR) is 140 cm³/mol. The Morgan fingerprint density at radius 2 is 1.91 bits per heavy atom. The van der Waals surface area contributed by atoms with Gasteiger partial charge in [-0.2, -0.15) is 0 Å². The third kappa shape index (κ3) is 5.82. The molecule has 3 heterocycles. The van der Waals surface area contributed by atoms with Crippen molar-refractivity contribution in [3.05, 3.63) is 11.8 Å². The van der Waals surface area contributed by atoms with E-state index < -0.39 is 6.04 Å². The van der Waals surface area contributed by atoms with Crippen LogP contribution in [0.2, 0.25) is 0 Å². The molecule has 0 bridgehead atoms. The summed E-state index contributed by atoms with van der Waals surface area (Å²) in [5, 5.41) is 9.98. The first-order valence-electron chi connectivity index (χ1n) is 12.8. The van der Waals surface area contributed by atoms with Crippen molar-refractivity contribution < 1.29 is 9.59 Å². The van der Waals surface area contributed by atoms with Crippen molar-refractivity contribution in [2.45, 2.75) is 110 Å². The first-order chi connectivity index (χ1) is 16.3. The van der Waals surface area contributed by atoms with Gasteiger partial charge in [-0.15, -0.1) is 0 Å². The van der Waals surface area contributed by atoms with Crippen LogP contribution in [0.5, 0.6) is 0 Å². The van der Waals surface area contributed by atoms with Gasteiger partial charge in [0.25, 0.3) is 0 Å². The highest BCUT2D eigenvalue weighted by atomic mass is 16.2. The molecule has 2 amide bonds. The van der Waals surface area contributed by atoms with Crippen LogP contribution in [0.1, 0.15) is 74.1 Å². The highest BCUT2D eigenvalue weighted by molar-refractivity contribution is 6.09. The number of nitrogens with zero attached hydrogens (tertiary/aromatic N) is 4. The number of likely N-dealkylation sites (tertiary alicyclic amines) is 1. The zero-order valence-electron chi connectivity index (χ0n) is 22.2. The van der Waals surface area contributed by atoms with Gasteiger partial charge in [0, 0.05) is 36.2 Å². The molecular weight excluding hydrogens is 442 g/mol. The molecule has 1 saturated carbocycles. The maximum absolute atomic E-state index is 13.5. The molecule has 1 aliphatic carbocycles. The van der Waals surface area contributed by atoms with Gasteiger partial charge in [-0.25, -0.2) is 4.99 Å². The minimum atomic E-state index is -0.459. The number of aliphatic imine (C=N–C) groups is 3. The number of amides is 2. The minimum Gasteiger partial charge on any atom is -0.351 e. The van der Waals surface area contributed by atoms with Gasteiger partial charge in [0.1, 0.15) is 12.1 Å². The van der Waals surface area contributed by atoms with Crippen molar-refractivity contribution in [2.24, 2.45) is 20.4 Å². The fraction of sp³-hybridized carbons (Fsp3) is 0.731. The average molecular weight is 484 g/mol. The molecule has 9 heteroatoms. The normalized spacial score (nSPS) is 32.3. The standard InChI is InChI=1S/C26H41N7O2/c1-15(34)29-18-12-16(32-26(5,6)7)8-9-20(18)33-11-10-17(24(33)35)30-23-22-19(27-14-28-23)13-21(31-22)25(2,3)4/h13-14,16-18,20,22,32H,8-12H2,1-7H3,(H,29,34)(H,27,28,30)/t16-,17+,18-,20+,22?/m1/s1. The molecular formula is C26H41N7O2. The summed E-state index contributed by atoms with van der Waals surface area (Å²) in [5.41, 5.74) is 1.89. The third-order valence-electron chi connectivity index (χ3n) is 7.04. The molecule has 2 fully saturated rings. The molecule has 0 spiro atoms. The summed E-state index contributed by atoms with van der Waals surface area (Å²) in [6.45, 7) is 15.1. The molecule has 3 aliphatic heterocycles. The Morgan fingerprint density at radius 3 is 2.57 bits per heavy atom. The third-order valence-corrected chi connectivity index (χ3v) is 7.04. The number of hydrogen-bond acceptors (Lipinski definition) is 6. The van der Waals surface area contributed by atoms with E-state index in [2.05, 4.69) is 68.6 Å². The number of hydrogen-bond donors (Lipinski definition) is 3. The zero-order chi connectivity index (χ0) is 25.5. The molecule has 4 rings (SSSR count). The van der Waals surface area contributed by atoms with Crippen LogP contribution in [0.25, 0.3) is 0 Å². The molecule has 3 N–H and O–H groups in total. The molecule has 5 atom stereocenters. The Labute approximate surface area is 209 Å². The van der Waals surface area contributed by atoms with Crippen LogP contribution in [0.3, 0.4) is 0 Å². The van der Waals surface area contributed by atoms with Crippen LogP contribution in [0, 0.1) is 5.41 Å². The Hall–Kier alpha value is -2.55. The summed E-state index contributed by atoms with van der Waals surface area (Å²) in [5.74, 6) is 0.556. The molecule has 4 aliphatic rings. The van der Waals surface area contributed by atoms with E-state index in [1.165, 1.54) is 0 Å². The van der Waals surface area contributed by atoms with E-state index in [0.29, 0.717) is 24.8 Å². The van der Waals surface area contributed by atoms with Gasteiger partial charge in [-0.1, -0.05) is 20.8 Å². The van der Waals surface area contributed by atoms with Crippen molar-refractivity contribution in [3.63, 3.8) is 0 Å². The van der Waals surface area contributed by atoms with Gasteiger partial charge in [0.2, 0.25) is 11.8 Å². The van der Waals surface area contributed by atoms with Gasteiger partial charge in [0.05, 0.1) is 24.1 Å². The molecule has 0 aromatic heterocycles. The summed E-state index contributed by atoms with van der Waals surface area (Å²) in [4.78, 5) is 41.6. The smallest absolute Gasteiger partial charge is 0.247 e. The Kier molecular flexibility index (Phi) is 6.92. The van der Waals surface area contributed by atoms with E-state index in [4.69, 9.17) is 9.98 Å². The van der Waals surface area contributed by atoms with Crippen molar-refractivity contribution >= 4 is 29.7 Å². The predicted octanol–water partition coefficient (Wildman–Crippen LogP) is 2.18. The van der Waals surface area contributed by atoms with E-state index in [9.17, 15) is 9.59 Å². The van der Waals surface area contributed by atoms with E-state index in [0.717, 1.165) is 30.7 Å². The van der Waals surface area contributed by atoms with Gasteiger partial charge >= 0.3 is 0 Å². The van der Waals surface area contributed by atoms with E-state index in [1.807, 2.05) is 4.90 Å². The van der Waals surface area contributed by atoms with Gasteiger partial charge in [-0.05, 0) is 52.5 Å². The van der Waals surface area contributed by atoms with E-state index >= 15 is 0 Å². The topological polar surface area (TPSA) is 111 Å². The minimum absolute atomic E-state index is 0.00118. The lowest BCUT2D eigenvalue weighted by Crippen LogP contribution is -2.59. The van der Waals surface area contributed by atoms with Gasteiger partial charge in [-0.3, -0.25) is 19.6 Å². The molecule has 192 valence electrons. The highest BCUT2D eigenvalue weighted by Crippen LogP contribution is 2.31. The Balaban J connectivity index is 1.49. The van der Waals surface area contributed by atoms with Crippen molar-refractivity contribution in [1.82, 2.24) is 20.9 Å². The van der Waals surface area contributed by atoms with Crippen LogP contribution in [-0.4, -0.2) is 76.9 Å². The molecule has 0 aromatic rings. The molecule has 1 unspecified atom stereocenters. The molecule has 1 saturated heterocycles. The monoisotopic (exact) mass is 483 g/mol. The molecule has 0 aromatic carbocycles. The molecule has 35 heavy (non-hydrogen) atoms. The lowest BCUT2D eigenvalue weighted by Gasteiger charge is -2.43. The maximum Gasteiger partial charge on any atom is 0.247 e. The van der Waals surface area contributed by atoms with Crippen LogP contribution < -0.4 is 16.0 Å². The van der Waals surface area contributed by atoms with Crippen molar-refractivity contribution in [1.29, 1.82) is 0 Å². The SMILES string of the molecule is CC(=O)N[C@@H]1C[C@H](NC(C)(C)C)CC[C@@H]1N1CC[C@H](N=C2N=CNC3=CC(C(C)(C)C)=NC32)C1=O. The number of carbonyl (C=O) groups is 2. The highest BCUT2D eigenvalue weighted by Gasteiger charge is 2.43. The van der Waals surface area contributed by atoms with E-state index in [-0.39, 0.29) is 40.9 Å². The number of fused-ring (bicyclic) bond motifs is 1. The van der Waals surface area contributed by atoms with Gasteiger partial charge < -0.3 is 20.9 Å². The summed E-state index contributed by atoms with van der Waals surface area (Å²) >= 11 is 0. The van der Waals surface area contributed by atoms with Crippen molar-refractivity contribution in [3.8, 4) is 0 Å². The maximum atomic E-state index is 13.5. The lowest BCUT2D eigenvalue weighted by atomic mass is 9.84. The number of carbonyl (C=O) groups excluding carboxylic acids is 2. The average Bonchev–Trinajstić information content (AvgIpc) is 3.32. The first kappa shape index (κ1) is 25.5. The first-order valence-corrected chi connectivity index (χ1v) is 12.8. The number of amidine groups is 1. The number of rotatable bonds is 4. The summed E-state index contributed by atoms with van der Waals surface area (Å²) in [6.07, 6.45) is 6.98.